The molecule has 2 rings (SSSR count). The first-order valence-corrected chi connectivity index (χ1v) is 8.62. The highest BCUT2D eigenvalue weighted by molar-refractivity contribution is 5.79. The predicted molar refractivity (Wildman–Crippen MR) is 99.7 cm³/mol. The molecule has 1 atom stereocenters. The Kier molecular flexibility index (Phi) is 7.34. The van der Waals surface area contributed by atoms with E-state index in [2.05, 4.69) is 51.5 Å². The Labute approximate surface area is 145 Å². The van der Waals surface area contributed by atoms with Gasteiger partial charge in [-0.05, 0) is 31.7 Å². The summed E-state index contributed by atoms with van der Waals surface area (Å²) in [6, 6.07) is 8.57. The standard InChI is InChI=1S/C18H31N5O/c1-15(23-11-9-22(3)10-12-23)13-20-18(19-2)21-14-16-5-7-17(24-4)8-6-16/h5-8,15H,9-14H2,1-4H3,(H2,19,20,21). The summed E-state index contributed by atoms with van der Waals surface area (Å²) in [6.45, 7) is 8.48. The van der Waals surface area contributed by atoms with Gasteiger partial charge < -0.3 is 20.3 Å². The second kappa shape index (κ2) is 9.49. The third-order valence-electron chi connectivity index (χ3n) is 4.57. The summed E-state index contributed by atoms with van der Waals surface area (Å²) in [7, 11) is 5.68. The van der Waals surface area contributed by atoms with Crippen molar-refractivity contribution >= 4 is 5.96 Å². The SMILES string of the molecule is CN=C(NCc1ccc(OC)cc1)NCC(C)N1CCN(C)CC1. The summed E-state index contributed by atoms with van der Waals surface area (Å²) in [5.74, 6) is 1.72. The molecule has 1 aliphatic rings. The van der Waals surface area contributed by atoms with E-state index < -0.39 is 0 Å². The predicted octanol–water partition coefficient (Wildman–Crippen LogP) is 0.996. The molecule has 2 N–H and O–H groups in total. The number of guanidine groups is 1. The smallest absolute Gasteiger partial charge is 0.191 e. The van der Waals surface area contributed by atoms with Crippen LogP contribution < -0.4 is 15.4 Å². The van der Waals surface area contributed by atoms with Crippen molar-refractivity contribution in [2.45, 2.75) is 19.5 Å². The number of hydrogen-bond donors (Lipinski definition) is 2. The van der Waals surface area contributed by atoms with Gasteiger partial charge in [0.15, 0.2) is 5.96 Å². The van der Waals surface area contributed by atoms with E-state index in [0.717, 1.165) is 51.0 Å². The van der Waals surface area contributed by atoms with E-state index in [1.807, 2.05) is 19.2 Å². The molecule has 134 valence electrons. The molecule has 0 aliphatic carbocycles. The van der Waals surface area contributed by atoms with E-state index >= 15 is 0 Å². The fourth-order valence-corrected chi connectivity index (χ4v) is 2.79. The Hall–Kier alpha value is -1.79. The quantitative estimate of drug-likeness (QED) is 0.601. The van der Waals surface area contributed by atoms with E-state index in [9.17, 15) is 0 Å². The molecule has 1 fully saturated rings. The molecule has 1 aliphatic heterocycles. The van der Waals surface area contributed by atoms with Gasteiger partial charge in [0, 0.05) is 52.4 Å². The van der Waals surface area contributed by atoms with Crippen LogP contribution in [0.4, 0.5) is 0 Å². The van der Waals surface area contributed by atoms with Gasteiger partial charge in [-0.15, -0.1) is 0 Å². The molecule has 0 radical (unpaired) electrons. The van der Waals surface area contributed by atoms with Crippen molar-refractivity contribution in [2.24, 2.45) is 4.99 Å². The number of aliphatic imine (C=N–C) groups is 1. The van der Waals surface area contributed by atoms with Gasteiger partial charge in [-0.2, -0.15) is 0 Å². The molecule has 1 aromatic carbocycles. The van der Waals surface area contributed by atoms with E-state index in [-0.39, 0.29) is 0 Å². The maximum Gasteiger partial charge on any atom is 0.191 e. The Bertz CT molecular complexity index is 509. The first kappa shape index (κ1) is 18.5. The zero-order chi connectivity index (χ0) is 17.4. The van der Waals surface area contributed by atoms with Crippen LogP contribution in [0.1, 0.15) is 12.5 Å². The van der Waals surface area contributed by atoms with Crippen molar-refractivity contribution in [3.05, 3.63) is 29.8 Å². The van der Waals surface area contributed by atoms with E-state index in [0.29, 0.717) is 6.04 Å². The number of rotatable bonds is 6. The maximum atomic E-state index is 5.18. The molecule has 0 spiro atoms. The lowest BCUT2D eigenvalue weighted by atomic mass is 10.2. The zero-order valence-electron chi connectivity index (χ0n) is 15.4. The molecule has 0 saturated carbocycles. The summed E-state index contributed by atoms with van der Waals surface area (Å²) in [6.07, 6.45) is 0. The molecule has 0 bridgehead atoms. The molecule has 0 aromatic heterocycles. The maximum absolute atomic E-state index is 5.18. The number of piperazine rings is 1. The highest BCUT2D eigenvalue weighted by atomic mass is 16.5. The van der Waals surface area contributed by atoms with Gasteiger partial charge in [-0.1, -0.05) is 12.1 Å². The van der Waals surface area contributed by atoms with E-state index in [1.165, 1.54) is 5.56 Å². The Balaban J connectivity index is 1.73. The summed E-state index contributed by atoms with van der Waals surface area (Å²) in [4.78, 5) is 9.22. The second-order valence-corrected chi connectivity index (χ2v) is 6.34. The molecule has 1 unspecified atom stereocenters. The molecule has 0 amide bonds. The molecular weight excluding hydrogens is 302 g/mol. The highest BCUT2D eigenvalue weighted by Gasteiger charge is 2.18. The van der Waals surface area contributed by atoms with Gasteiger partial charge in [0.25, 0.3) is 0 Å². The van der Waals surface area contributed by atoms with Crippen molar-refractivity contribution in [1.82, 2.24) is 20.4 Å². The first-order chi connectivity index (χ1) is 11.6. The lowest BCUT2D eigenvalue weighted by Gasteiger charge is -2.36. The van der Waals surface area contributed by atoms with Crippen LogP contribution in [0, 0.1) is 0 Å². The van der Waals surface area contributed by atoms with Crippen LogP contribution in [0.2, 0.25) is 0 Å². The third kappa shape index (κ3) is 5.69. The molecule has 1 heterocycles. The number of nitrogens with zero attached hydrogens (tertiary/aromatic N) is 3. The number of hydrogen-bond acceptors (Lipinski definition) is 4. The Morgan fingerprint density at radius 2 is 1.83 bits per heavy atom. The van der Waals surface area contributed by atoms with Crippen molar-refractivity contribution in [2.75, 3.05) is 53.9 Å². The fraction of sp³-hybridized carbons (Fsp3) is 0.611. The number of ether oxygens (including phenoxy) is 1. The monoisotopic (exact) mass is 333 g/mol. The number of nitrogens with one attached hydrogen (secondary N) is 2. The molecule has 6 heteroatoms. The van der Waals surface area contributed by atoms with Crippen LogP contribution in [0.15, 0.2) is 29.3 Å². The summed E-state index contributed by atoms with van der Waals surface area (Å²) in [5, 5.41) is 6.79. The lowest BCUT2D eigenvalue weighted by Crippen LogP contribution is -2.52. The van der Waals surface area contributed by atoms with Crippen LogP contribution in [0.3, 0.4) is 0 Å². The summed E-state index contributed by atoms with van der Waals surface area (Å²) >= 11 is 0. The minimum absolute atomic E-state index is 0.498. The minimum Gasteiger partial charge on any atom is -0.497 e. The van der Waals surface area contributed by atoms with Gasteiger partial charge in [0.05, 0.1) is 7.11 Å². The average molecular weight is 333 g/mol. The number of methoxy groups -OCH3 is 1. The molecule has 24 heavy (non-hydrogen) atoms. The molecule has 1 aromatic rings. The fourth-order valence-electron chi connectivity index (χ4n) is 2.79. The normalized spacial score (nSPS) is 18.2. The average Bonchev–Trinajstić information content (AvgIpc) is 2.62. The molecule has 1 saturated heterocycles. The van der Waals surface area contributed by atoms with Crippen LogP contribution in [0.5, 0.6) is 5.75 Å². The van der Waals surface area contributed by atoms with Crippen LogP contribution in [-0.4, -0.2) is 75.7 Å². The van der Waals surface area contributed by atoms with E-state index in [4.69, 9.17) is 4.74 Å². The number of likely N-dealkylation sites (N-methyl/N-ethyl adjacent to an activating group) is 1. The van der Waals surface area contributed by atoms with Crippen molar-refractivity contribution in [3.63, 3.8) is 0 Å². The van der Waals surface area contributed by atoms with Crippen molar-refractivity contribution in [3.8, 4) is 5.75 Å². The van der Waals surface area contributed by atoms with Crippen molar-refractivity contribution < 1.29 is 4.74 Å². The zero-order valence-corrected chi connectivity index (χ0v) is 15.4. The van der Waals surface area contributed by atoms with Gasteiger partial charge in [-0.3, -0.25) is 9.89 Å². The van der Waals surface area contributed by atoms with E-state index in [1.54, 1.807) is 7.11 Å². The van der Waals surface area contributed by atoms with Gasteiger partial charge in [0.1, 0.15) is 5.75 Å². The summed E-state index contributed by atoms with van der Waals surface area (Å²) < 4.78 is 5.18. The topological polar surface area (TPSA) is 52.1 Å². The van der Waals surface area contributed by atoms with Crippen LogP contribution in [0.25, 0.3) is 0 Å². The Morgan fingerprint density at radius 3 is 2.42 bits per heavy atom. The van der Waals surface area contributed by atoms with Gasteiger partial charge >= 0.3 is 0 Å². The Morgan fingerprint density at radius 1 is 1.17 bits per heavy atom. The lowest BCUT2D eigenvalue weighted by molar-refractivity contribution is 0.120. The third-order valence-corrected chi connectivity index (χ3v) is 4.57. The minimum atomic E-state index is 0.498. The largest absolute Gasteiger partial charge is 0.497 e. The highest BCUT2D eigenvalue weighted by Crippen LogP contribution is 2.10. The van der Waals surface area contributed by atoms with Gasteiger partial charge in [0.2, 0.25) is 0 Å². The second-order valence-electron chi connectivity index (χ2n) is 6.34. The number of benzene rings is 1. The van der Waals surface area contributed by atoms with Crippen molar-refractivity contribution in [1.29, 1.82) is 0 Å². The molecular formula is C18H31N5O. The van der Waals surface area contributed by atoms with Crippen LogP contribution in [-0.2, 0) is 6.54 Å². The van der Waals surface area contributed by atoms with Gasteiger partial charge in [-0.25, -0.2) is 0 Å². The van der Waals surface area contributed by atoms with Crippen LogP contribution >= 0.6 is 0 Å². The first-order valence-electron chi connectivity index (χ1n) is 8.62. The summed E-state index contributed by atoms with van der Waals surface area (Å²) in [5.41, 5.74) is 1.20. The molecule has 6 nitrogen and oxygen atoms in total.